The van der Waals surface area contributed by atoms with Crippen LogP contribution in [0.5, 0.6) is 5.75 Å². The van der Waals surface area contributed by atoms with Crippen molar-refractivity contribution in [2.24, 2.45) is 0 Å². The molecular weight excluding hydrogens is 294 g/mol. The average molecular weight is 309 g/mol. The topological polar surface area (TPSA) is 68.5 Å². The molecule has 1 heterocycles. The molecule has 0 spiro atoms. The summed E-state index contributed by atoms with van der Waals surface area (Å²) >= 11 is 0. The molecule has 2 aromatic carbocycles. The maximum atomic E-state index is 11.6. The highest BCUT2D eigenvalue weighted by molar-refractivity contribution is 6.09. The van der Waals surface area contributed by atoms with Crippen LogP contribution in [0.4, 0.5) is 0 Å². The Hall–Kier alpha value is -3.08. The monoisotopic (exact) mass is 309 g/mol. The third-order valence-electron chi connectivity index (χ3n) is 3.84. The zero-order valence-electron chi connectivity index (χ0n) is 12.5. The summed E-state index contributed by atoms with van der Waals surface area (Å²) in [5, 5.41) is 10.0. The number of aromatic carboxylic acids is 1. The van der Waals surface area contributed by atoms with Gasteiger partial charge in [-0.1, -0.05) is 30.3 Å². The molecule has 0 aliphatic heterocycles. The quantitative estimate of drug-likeness (QED) is 0.735. The number of hydrogen-bond acceptors (Lipinski definition) is 3. The minimum atomic E-state index is -1.10. The number of carboxylic acids is 1. The SMILES string of the molecule is COc1ccc(Cn2c(C=O)c(C(=O)O)c3ccccc32)cc1. The Kier molecular flexibility index (Phi) is 3.85. The van der Waals surface area contributed by atoms with E-state index >= 15 is 0 Å². The average Bonchev–Trinajstić information content (AvgIpc) is 2.89. The Morgan fingerprint density at radius 3 is 2.48 bits per heavy atom. The van der Waals surface area contributed by atoms with E-state index in [1.807, 2.05) is 36.4 Å². The van der Waals surface area contributed by atoms with Crippen molar-refractivity contribution in [1.29, 1.82) is 0 Å². The second-order valence-electron chi connectivity index (χ2n) is 5.13. The van der Waals surface area contributed by atoms with Crippen molar-refractivity contribution < 1.29 is 19.4 Å². The van der Waals surface area contributed by atoms with Gasteiger partial charge in [0.25, 0.3) is 0 Å². The van der Waals surface area contributed by atoms with Crippen molar-refractivity contribution in [3.8, 4) is 5.75 Å². The minimum absolute atomic E-state index is 0.0455. The molecule has 3 aromatic rings. The molecule has 1 aromatic heterocycles. The fourth-order valence-corrected chi connectivity index (χ4v) is 2.75. The molecule has 0 saturated heterocycles. The molecule has 0 saturated carbocycles. The van der Waals surface area contributed by atoms with Crippen LogP contribution in [-0.2, 0) is 6.54 Å². The highest BCUT2D eigenvalue weighted by Gasteiger charge is 2.21. The van der Waals surface area contributed by atoms with Crippen molar-refractivity contribution in [2.45, 2.75) is 6.54 Å². The molecule has 5 heteroatoms. The molecule has 116 valence electrons. The molecule has 5 nitrogen and oxygen atoms in total. The van der Waals surface area contributed by atoms with Crippen LogP contribution < -0.4 is 4.74 Å². The summed E-state index contributed by atoms with van der Waals surface area (Å²) < 4.78 is 6.86. The number of rotatable bonds is 5. The van der Waals surface area contributed by atoms with Gasteiger partial charge in [0, 0.05) is 17.4 Å². The normalized spacial score (nSPS) is 10.7. The number of carbonyl (C=O) groups is 2. The second-order valence-corrected chi connectivity index (χ2v) is 5.13. The van der Waals surface area contributed by atoms with Crippen molar-refractivity contribution in [3.05, 3.63) is 65.4 Å². The first kappa shape index (κ1) is 14.8. The Bertz CT molecular complexity index is 878. The molecule has 0 bridgehead atoms. The van der Waals surface area contributed by atoms with E-state index in [0.29, 0.717) is 18.2 Å². The van der Waals surface area contributed by atoms with E-state index in [-0.39, 0.29) is 11.3 Å². The van der Waals surface area contributed by atoms with Gasteiger partial charge in [0.05, 0.1) is 18.4 Å². The Morgan fingerprint density at radius 2 is 1.87 bits per heavy atom. The Balaban J connectivity index is 2.15. The predicted octanol–water partition coefficient (Wildman–Crippen LogP) is 3.21. The molecule has 0 amide bonds. The largest absolute Gasteiger partial charge is 0.497 e. The number of carbonyl (C=O) groups excluding carboxylic acids is 1. The van der Waals surface area contributed by atoms with Crippen molar-refractivity contribution >= 4 is 23.2 Å². The van der Waals surface area contributed by atoms with Crippen LogP contribution >= 0.6 is 0 Å². The fourth-order valence-electron chi connectivity index (χ4n) is 2.75. The predicted molar refractivity (Wildman–Crippen MR) is 86.4 cm³/mol. The molecule has 0 aliphatic carbocycles. The highest BCUT2D eigenvalue weighted by atomic mass is 16.5. The number of hydrogen-bond donors (Lipinski definition) is 1. The summed E-state index contributed by atoms with van der Waals surface area (Å²) in [5.41, 5.74) is 1.90. The first-order valence-corrected chi connectivity index (χ1v) is 7.08. The van der Waals surface area contributed by atoms with Crippen LogP contribution in [0.15, 0.2) is 48.5 Å². The van der Waals surface area contributed by atoms with Crippen molar-refractivity contribution in [2.75, 3.05) is 7.11 Å². The Labute approximate surface area is 132 Å². The van der Waals surface area contributed by atoms with Crippen LogP contribution in [0.1, 0.15) is 26.4 Å². The van der Waals surface area contributed by atoms with E-state index in [1.165, 1.54) is 0 Å². The summed E-state index contributed by atoms with van der Waals surface area (Å²) in [6.45, 7) is 0.409. The lowest BCUT2D eigenvalue weighted by atomic mass is 10.1. The van der Waals surface area contributed by atoms with E-state index < -0.39 is 5.97 Å². The van der Waals surface area contributed by atoms with Gasteiger partial charge in [-0.3, -0.25) is 4.79 Å². The summed E-state index contributed by atoms with van der Waals surface area (Å²) in [6.07, 6.45) is 0.604. The molecule has 0 atom stereocenters. The number of fused-ring (bicyclic) bond motifs is 1. The van der Waals surface area contributed by atoms with Gasteiger partial charge in [-0.05, 0) is 23.8 Å². The maximum absolute atomic E-state index is 11.6. The van der Waals surface area contributed by atoms with Crippen LogP contribution in [0.3, 0.4) is 0 Å². The standard InChI is InChI=1S/C18H15NO4/c1-23-13-8-6-12(7-9-13)10-19-15-5-3-2-4-14(15)17(18(21)22)16(19)11-20/h2-9,11H,10H2,1H3,(H,21,22). The molecule has 1 N–H and O–H groups in total. The zero-order valence-corrected chi connectivity index (χ0v) is 12.5. The summed E-state index contributed by atoms with van der Waals surface area (Å²) in [7, 11) is 1.60. The van der Waals surface area contributed by atoms with Gasteiger partial charge in [0.15, 0.2) is 6.29 Å². The van der Waals surface area contributed by atoms with Gasteiger partial charge < -0.3 is 14.4 Å². The molecule has 0 aliphatic rings. The lowest BCUT2D eigenvalue weighted by Crippen LogP contribution is -2.07. The molecule has 3 rings (SSSR count). The first-order valence-electron chi connectivity index (χ1n) is 7.08. The molecule has 0 radical (unpaired) electrons. The van der Waals surface area contributed by atoms with E-state index in [9.17, 15) is 14.7 Å². The first-order chi connectivity index (χ1) is 11.2. The number of ether oxygens (including phenoxy) is 1. The third-order valence-corrected chi connectivity index (χ3v) is 3.84. The lowest BCUT2D eigenvalue weighted by Gasteiger charge is -2.09. The minimum Gasteiger partial charge on any atom is -0.497 e. The highest BCUT2D eigenvalue weighted by Crippen LogP contribution is 2.26. The summed E-state index contributed by atoms with van der Waals surface area (Å²) in [4.78, 5) is 23.1. The Morgan fingerprint density at radius 1 is 1.17 bits per heavy atom. The number of carboxylic acid groups (broad SMARTS) is 1. The number of nitrogens with zero attached hydrogens (tertiary/aromatic N) is 1. The molecule has 0 fully saturated rings. The van der Waals surface area contributed by atoms with Crippen LogP contribution in [0.2, 0.25) is 0 Å². The molecular formula is C18H15NO4. The van der Waals surface area contributed by atoms with Gasteiger partial charge in [-0.25, -0.2) is 4.79 Å². The van der Waals surface area contributed by atoms with E-state index in [4.69, 9.17) is 4.74 Å². The van der Waals surface area contributed by atoms with Crippen molar-refractivity contribution in [1.82, 2.24) is 4.57 Å². The zero-order chi connectivity index (χ0) is 16.4. The van der Waals surface area contributed by atoms with Crippen LogP contribution in [0, 0.1) is 0 Å². The summed E-state index contributed by atoms with van der Waals surface area (Å²) in [6, 6.07) is 14.6. The number of methoxy groups -OCH3 is 1. The van der Waals surface area contributed by atoms with E-state index in [2.05, 4.69) is 0 Å². The lowest BCUT2D eigenvalue weighted by molar-refractivity contribution is 0.0695. The van der Waals surface area contributed by atoms with Crippen LogP contribution in [0.25, 0.3) is 10.9 Å². The number of aldehydes is 1. The van der Waals surface area contributed by atoms with Gasteiger partial charge in [-0.2, -0.15) is 0 Å². The van der Waals surface area contributed by atoms with Gasteiger partial charge in [-0.15, -0.1) is 0 Å². The van der Waals surface area contributed by atoms with Gasteiger partial charge >= 0.3 is 5.97 Å². The third kappa shape index (κ3) is 2.57. The number of aromatic nitrogens is 1. The number of benzene rings is 2. The maximum Gasteiger partial charge on any atom is 0.338 e. The summed E-state index contributed by atoms with van der Waals surface area (Å²) in [5.74, 6) is -0.357. The van der Waals surface area contributed by atoms with Gasteiger partial charge in [0.2, 0.25) is 0 Å². The number of para-hydroxylation sites is 1. The van der Waals surface area contributed by atoms with Gasteiger partial charge in [0.1, 0.15) is 5.75 Å². The van der Waals surface area contributed by atoms with Crippen molar-refractivity contribution in [3.63, 3.8) is 0 Å². The second kappa shape index (κ2) is 5.96. The van der Waals surface area contributed by atoms with E-state index in [1.54, 1.807) is 23.8 Å². The molecule has 0 unspecified atom stereocenters. The smallest absolute Gasteiger partial charge is 0.338 e. The fraction of sp³-hybridized carbons (Fsp3) is 0.111. The molecule has 23 heavy (non-hydrogen) atoms. The van der Waals surface area contributed by atoms with E-state index in [0.717, 1.165) is 16.8 Å². The van der Waals surface area contributed by atoms with Crippen LogP contribution in [-0.4, -0.2) is 29.0 Å².